The monoisotopic (exact) mass is 426 g/mol. The van der Waals surface area contributed by atoms with E-state index in [4.69, 9.17) is 4.74 Å². The van der Waals surface area contributed by atoms with E-state index in [0.717, 1.165) is 0 Å². The van der Waals surface area contributed by atoms with Gasteiger partial charge in [-0.3, -0.25) is 19.2 Å². The lowest BCUT2D eigenvalue weighted by molar-refractivity contribution is -0.397. The molecule has 11 heteroatoms. The zero-order chi connectivity index (χ0) is 20.2. The number of alkyl halides is 1. The first-order chi connectivity index (χ1) is 11.0. The number of Topliss-reactive ketones (excluding diaryl/α,β-unsaturated/α-hetero) is 4. The second-order valence-corrected chi connectivity index (χ2v) is 7.27. The molecule has 1 aliphatic rings. The normalized spacial score (nSPS) is 44.2. The fraction of sp³-hybridized carbons (Fsp3) is 0.714. The summed E-state index contributed by atoms with van der Waals surface area (Å²) in [6, 6.07) is 0. The summed E-state index contributed by atoms with van der Waals surface area (Å²) < 4.78 is 2.08. The van der Waals surface area contributed by atoms with Gasteiger partial charge in [-0.1, -0.05) is 0 Å². The molecule has 142 valence electrons. The molecule has 0 aliphatic carbocycles. The largest absolute Gasteiger partial charge is 0.392 e. The summed E-state index contributed by atoms with van der Waals surface area (Å²) in [6.45, 7) is 1.21. The Hall–Kier alpha value is -1.08. The van der Waals surface area contributed by atoms with Crippen LogP contribution in [0.2, 0.25) is 0 Å². The molecule has 0 saturated carbocycles. The first-order valence-electron chi connectivity index (χ1n) is 6.98. The van der Waals surface area contributed by atoms with Crippen molar-refractivity contribution in [2.24, 2.45) is 0 Å². The predicted octanol–water partition coefficient (Wildman–Crippen LogP) is -2.66. The van der Waals surface area contributed by atoms with Crippen LogP contribution in [0.1, 0.15) is 27.7 Å². The van der Waals surface area contributed by atoms with E-state index in [0.29, 0.717) is 27.7 Å². The molecular formula is C14H19BrO10. The van der Waals surface area contributed by atoms with Crippen molar-refractivity contribution in [3.05, 3.63) is 0 Å². The van der Waals surface area contributed by atoms with Crippen molar-refractivity contribution < 1.29 is 49.4 Å². The SMILES string of the molecule is CC(=O)C1(O)O[C@@](Br)(CO)[C@](O)(C(C)=O)[C@](O)(C(C)=O)[C@@]1(O)C(C)=O. The number of aliphatic hydroxyl groups excluding tert-OH is 1. The molecule has 1 rings (SSSR count). The molecule has 1 fully saturated rings. The number of hydrogen-bond donors (Lipinski definition) is 5. The van der Waals surface area contributed by atoms with E-state index >= 15 is 0 Å². The Morgan fingerprint density at radius 3 is 1.36 bits per heavy atom. The Morgan fingerprint density at radius 1 is 0.760 bits per heavy atom. The number of ether oxygens (including phenoxy) is 1. The molecule has 0 radical (unpaired) electrons. The second-order valence-electron chi connectivity index (χ2n) is 5.99. The van der Waals surface area contributed by atoms with Gasteiger partial charge in [0.15, 0.2) is 27.6 Å². The van der Waals surface area contributed by atoms with E-state index in [2.05, 4.69) is 15.9 Å². The summed E-state index contributed by atoms with van der Waals surface area (Å²) in [4.78, 5) is 48.4. The van der Waals surface area contributed by atoms with E-state index in [-0.39, 0.29) is 0 Å². The number of carbonyl (C=O) groups excluding carboxylic acids is 4. The minimum atomic E-state index is -3.76. The molecule has 1 unspecified atom stereocenters. The van der Waals surface area contributed by atoms with Crippen molar-refractivity contribution >= 4 is 39.1 Å². The van der Waals surface area contributed by atoms with Crippen LogP contribution in [-0.4, -0.2) is 82.4 Å². The third kappa shape index (κ3) is 2.17. The summed E-state index contributed by atoms with van der Waals surface area (Å²) in [6.07, 6.45) is 0. The lowest BCUT2D eigenvalue weighted by Gasteiger charge is -2.62. The minimum absolute atomic E-state index is 0.603. The highest BCUT2D eigenvalue weighted by molar-refractivity contribution is 9.10. The van der Waals surface area contributed by atoms with Crippen molar-refractivity contribution in [3.63, 3.8) is 0 Å². The molecule has 0 amide bonds. The molecule has 0 aromatic rings. The Bertz CT molecular complexity index is 664. The fourth-order valence-corrected chi connectivity index (χ4v) is 3.95. The van der Waals surface area contributed by atoms with Crippen molar-refractivity contribution in [1.29, 1.82) is 0 Å². The molecule has 25 heavy (non-hydrogen) atoms. The Morgan fingerprint density at radius 2 is 1.12 bits per heavy atom. The molecule has 1 saturated heterocycles. The molecule has 5 atom stereocenters. The lowest BCUT2D eigenvalue weighted by Crippen LogP contribution is -2.92. The standard InChI is InChI=1S/C14H19BrO10/c1-6(17)11(21)10(15,5-16)25-14(24,9(4)20)13(23,8(3)19)12(11,22)7(2)18/h16,21-24H,5H2,1-4H3/t10-,11+,12+,13-,14?/m0/s1. The van der Waals surface area contributed by atoms with Gasteiger partial charge >= 0.3 is 0 Å². The van der Waals surface area contributed by atoms with E-state index in [1.54, 1.807) is 0 Å². The molecule has 0 aromatic carbocycles. The summed E-state index contributed by atoms with van der Waals surface area (Å²) in [7, 11) is 0. The van der Waals surface area contributed by atoms with Crippen LogP contribution in [0.25, 0.3) is 0 Å². The van der Waals surface area contributed by atoms with Crippen LogP contribution in [0.4, 0.5) is 0 Å². The van der Waals surface area contributed by atoms with Crippen molar-refractivity contribution in [2.45, 2.75) is 54.8 Å². The van der Waals surface area contributed by atoms with E-state index in [1.165, 1.54) is 0 Å². The summed E-state index contributed by atoms with van der Waals surface area (Å²) in [5.74, 6) is -9.50. The Kier molecular flexibility index (Phi) is 5.25. The average molecular weight is 427 g/mol. The van der Waals surface area contributed by atoms with Gasteiger partial charge in [-0.15, -0.1) is 0 Å². The number of ketones is 4. The Labute approximate surface area is 150 Å². The first kappa shape index (κ1) is 22.0. The van der Waals surface area contributed by atoms with Crippen LogP contribution in [0, 0.1) is 0 Å². The zero-order valence-electron chi connectivity index (χ0n) is 13.9. The van der Waals surface area contributed by atoms with Gasteiger partial charge in [-0.2, -0.15) is 0 Å². The molecule has 1 heterocycles. The number of aliphatic hydroxyl groups is 5. The van der Waals surface area contributed by atoms with Gasteiger partial charge in [0.2, 0.25) is 16.8 Å². The number of carbonyl (C=O) groups is 4. The van der Waals surface area contributed by atoms with Crippen LogP contribution in [0.5, 0.6) is 0 Å². The molecular weight excluding hydrogens is 408 g/mol. The maximum absolute atomic E-state index is 12.2. The van der Waals surface area contributed by atoms with Crippen LogP contribution in [-0.2, 0) is 23.9 Å². The van der Waals surface area contributed by atoms with Gasteiger partial charge in [0, 0.05) is 6.92 Å². The molecule has 1 aliphatic heterocycles. The third-order valence-electron chi connectivity index (χ3n) is 4.60. The highest BCUT2D eigenvalue weighted by Gasteiger charge is 2.87. The lowest BCUT2D eigenvalue weighted by atomic mass is 9.57. The number of rotatable bonds is 5. The molecule has 0 bridgehead atoms. The van der Waals surface area contributed by atoms with Gasteiger partial charge in [0.1, 0.15) is 0 Å². The first-order valence-corrected chi connectivity index (χ1v) is 7.77. The highest BCUT2D eigenvalue weighted by Crippen LogP contribution is 2.56. The van der Waals surface area contributed by atoms with Gasteiger partial charge in [-0.05, 0) is 36.7 Å². The van der Waals surface area contributed by atoms with Gasteiger partial charge in [0.25, 0.3) is 5.79 Å². The smallest absolute Gasteiger partial charge is 0.268 e. The zero-order valence-corrected chi connectivity index (χ0v) is 15.4. The van der Waals surface area contributed by atoms with Crippen LogP contribution < -0.4 is 0 Å². The molecule has 10 nitrogen and oxygen atoms in total. The quantitative estimate of drug-likeness (QED) is 0.291. The van der Waals surface area contributed by atoms with Crippen LogP contribution in [0.15, 0.2) is 0 Å². The molecule has 0 spiro atoms. The van der Waals surface area contributed by atoms with Crippen molar-refractivity contribution in [1.82, 2.24) is 0 Å². The average Bonchev–Trinajstić information content (AvgIpc) is 2.49. The van der Waals surface area contributed by atoms with Gasteiger partial charge in [-0.25, -0.2) is 0 Å². The number of hydrogen-bond acceptors (Lipinski definition) is 10. The van der Waals surface area contributed by atoms with Crippen LogP contribution in [0.3, 0.4) is 0 Å². The van der Waals surface area contributed by atoms with E-state index < -0.39 is 56.8 Å². The fourth-order valence-electron chi connectivity index (χ4n) is 3.15. The number of halogens is 1. The molecule has 5 N–H and O–H groups in total. The highest BCUT2D eigenvalue weighted by atomic mass is 79.9. The second kappa shape index (κ2) is 5.98. The van der Waals surface area contributed by atoms with Crippen molar-refractivity contribution in [3.8, 4) is 0 Å². The van der Waals surface area contributed by atoms with E-state index in [1.807, 2.05) is 0 Å². The maximum Gasteiger partial charge on any atom is 0.268 e. The predicted molar refractivity (Wildman–Crippen MR) is 82.4 cm³/mol. The summed E-state index contributed by atoms with van der Waals surface area (Å²) in [5.41, 5.74) is -11.0. The summed E-state index contributed by atoms with van der Waals surface area (Å²) in [5, 5.41) is 52.8. The third-order valence-corrected chi connectivity index (χ3v) is 5.58. The molecule has 0 aromatic heterocycles. The van der Waals surface area contributed by atoms with Gasteiger partial charge < -0.3 is 30.3 Å². The minimum Gasteiger partial charge on any atom is -0.392 e. The van der Waals surface area contributed by atoms with Crippen LogP contribution >= 0.6 is 15.9 Å². The van der Waals surface area contributed by atoms with E-state index in [9.17, 15) is 44.7 Å². The Balaban J connectivity index is 4.19. The summed E-state index contributed by atoms with van der Waals surface area (Å²) >= 11 is 2.62. The topological polar surface area (TPSA) is 179 Å². The van der Waals surface area contributed by atoms with Crippen molar-refractivity contribution in [2.75, 3.05) is 6.61 Å². The maximum atomic E-state index is 12.2. The van der Waals surface area contributed by atoms with Gasteiger partial charge in [0.05, 0.1) is 6.61 Å².